The maximum Gasteiger partial charge on any atom is 0.187 e. The van der Waals surface area contributed by atoms with Crippen LogP contribution in [0.1, 0.15) is 21.8 Å². The lowest BCUT2D eigenvalue weighted by atomic mass is 9.91. The summed E-state index contributed by atoms with van der Waals surface area (Å²) in [6.45, 7) is 0. The minimum absolute atomic E-state index is 0.0926. The van der Waals surface area contributed by atoms with Crippen LogP contribution >= 0.6 is 0 Å². The number of carbonyl (C=O) groups is 1. The number of nitriles is 1. The van der Waals surface area contributed by atoms with Crippen LogP contribution in [-0.2, 0) is 0 Å². The summed E-state index contributed by atoms with van der Waals surface area (Å²) in [6.07, 6.45) is 0. The van der Waals surface area contributed by atoms with Crippen molar-refractivity contribution < 1.29 is 13.9 Å². The Labute approximate surface area is 116 Å². The average molecular weight is 269 g/mol. The molecule has 0 aliphatic carbocycles. The van der Waals surface area contributed by atoms with Gasteiger partial charge in [0.05, 0.1) is 18.7 Å². The zero-order valence-electron chi connectivity index (χ0n) is 10.8. The number of hydrogen-bond donors (Lipinski definition) is 0. The molecular weight excluding hydrogens is 257 g/mol. The standard InChI is InChI=1S/C16H12FNO2/c1-20-15-9-5-3-6-11(15)13(10-18)16(19)12-7-2-4-8-14(12)17/h2-9,13H,1H3. The predicted molar refractivity (Wildman–Crippen MR) is 72.1 cm³/mol. The van der Waals surface area contributed by atoms with Crippen molar-refractivity contribution >= 4 is 5.78 Å². The zero-order chi connectivity index (χ0) is 14.5. The molecule has 100 valence electrons. The first-order chi connectivity index (χ1) is 9.69. The number of hydrogen-bond acceptors (Lipinski definition) is 3. The normalized spacial score (nSPS) is 11.4. The van der Waals surface area contributed by atoms with Gasteiger partial charge in [-0.15, -0.1) is 0 Å². The van der Waals surface area contributed by atoms with E-state index in [4.69, 9.17) is 4.74 Å². The Kier molecular flexibility index (Phi) is 4.11. The van der Waals surface area contributed by atoms with Crippen molar-refractivity contribution in [3.05, 3.63) is 65.5 Å². The summed E-state index contributed by atoms with van der Waals surface area (Å²) in [5.74, 6) is -1.87. The van der Waals surface area contributed by atoms with Crippen LogP contribution in [0.5, 0.6) is 5.75 Å². The van der Waals surface area contributed by atoms with Gasteiger partial charge in [-0.2, -0.15) is 5.26 Å². The van der Waals surface area contributed by atoms with E-state index in [2.05, 4.69) is 0 Å². The summed E-state index contributed by atoms with van der Waals surface area (Å²) in [5.41, 5.74) is 0.343. The van der Waals surface area contributed by atoms with Gasteiger partial charge in [0.1, 0.15) is 17.5 Å². The molecule has 0 bridgehead atoms. The van der Waals surface area contributed by atoms with Gasteiger partial charge in [-0.05, 0) is 18.2 Å². The predicted octanol–water partition coefficient (Wildman–Crippen LogP) is 3.32. The minimum Gasteiger partial charge on any atom is -0.496 e. The number of ether oxygens (including phenoxy) is 1. The maximum absolute atomic E-state index is 13.7. The molecule has 0 heterocycles. The van der Waals surface area contributed by atoms with E-state index in [1.54, 1.807) is 30.3 Å². The monoisotopic (exact) mass is 269 g/mol. The molecule has 0 spiro atoms. The number of nitrogens with zero attached hydrogens (tertiary/aromatic N) is 1. The second-order valence-corrected chi connectivity index (χ2v) is 4.15. The van der Waals surface area contributed by atoms with E-state index in [9.17, 15) is 14.4 Å². The van der Waals surface area contributed by atoms with Crippen LogP contribution in [0.3, 0.4) is 0 Å². The first kappa shape index (κ1) is 13.8. The van der Waals surface area contributed by atoms with Crippen molar-refractivity contribution in [2.45, 2.75) is 5.92 Å². The highest BCUT2D eigenvalue weighted by Crippen LogP contribution is 2.29. The van der Waals surface area contributed by atoms with E-state index >= 15 is 0 Å². The van der Waals surface area contributed by atoms with Crippen molar-refractivity contribution in [3.8, 4) is 11.8 Å². The number of carbonyl (C=O) groups excluding carboxylic acids is 1. The first-order valence-corrected chi connectivity index (χ1v) is 6.00. The van der Waals surface area contributed by atoms with Gasteiger partial charge in [-0.1, -0.05) is 30.3 Å². The molecule has 2 rings (SSSR count). The molecule has 1 unspecified atom stereocenters. The summed E-state index contributed by atoms with van der Waals surface area (Å²) in [5, 5.41) is 9.27. The maximum atomic E-state index is 13.7. The minimum atomic E-state index is -1.09. The molecule has 1 atom stereocenters. The van der Waals surface area contributed by atoms with Crippen LogP contribution in [0.15, 0.2) is 48.5 Å². The molecular formula is C16H12FNO2. The molecule has 0 amide bonds. The number of benzene rings is 2. The molecule has 0 saturated carbocycles. The second kappa shape index (κ2) is 5.98. The van der Waals surface area contributed by atoms with Crippen molar-refractivity contribution in [2.75, 3.05) is 7.11 Å². The fraction of sp³-hybridized carbons (Fsp3) is 0.125. The molecule has 20 heavy (non-hydrogen) atoms. The van der Waals surface area contributed by atoms with E-state index in [0.717, 1.165) is 0 Å². The first-order valence-electron chi connectivity index (χ1n) is 6.00. The van der Waals surface area contributed by atoms with E-state index < -0.39 is 17.5 Å². The molecule has 4 heteroatoms. The fourth-order valence-corrected chi connectivity index (χ4v) is 1.99. The van der Waals surface area contributed by atoms with Crippen molar-refractivity contribution in [2.24, 2.45) is 0 Å². The Morgan fingerprint density at radius 1 is 1.20 bits per heavy atom. The Morgan fingerprint density at radius 3 is 2.50 bits per heavy atom. The lowest BCUT2D eigenvalue weighted by molar-refractivity contribution is 0.0974. The number of para-hydroxylation sites is 1. The summed E-state index contributed by atoms with van der Waals surface area (Å²) in [6, 6.07) is 14.3. The van der Waals surface area contributed by atoms with Gasteiger partial charge in [0.2, 0.25) is 0 Å². The smallest absolute Gasteiger partial charge is 0.187 e. The van der Waals surface area contributed by atoms with Crippen LogP contribution in [0, 0.1) is 17.1 Å². The fourth-order valence-electron chi connectivity index (χ4n) is 1.99. The number of methoxy groups -OCH3 is 1. The largest absolute Gasteiger partial charge is 0.496 e. The van der Waals surface area contributed by atoms with E-state index in [0.29, 0.717) is 11.3 Å². The second-order valence-electron chi connectivity index (χ2n) is 4.15. The summed E-state index contributed by atoms with van der Waals surface area (Å²) in [7, 11) is 1.46. The van der Waals surface area contributed by atoms with E-state index in [1.165, 1.54) is 25.3 Å². The van der Waals surface area contributed by atoms with Gasteiger partial charge < -0.3 is 4.74 Å². The van der Waals surface area contributed by atoms with Crippen LogP contribution in [-0.4, -0.2) is 12.9 Å². The van der Waals surface area contributed by atoms with E-state index in [-0.39, 0.29) is 5.56 Å². The Balaban J connectivity index is 2.46. The average Bonchev–Trinajstić information content (AvgIpc) is 2.49. The van der Waals surface area contributed by atoms with E-state index in [1.807, 2.05) is 6.07 Å². The molecule has 0 N–H and O–H groups in total. The summed E-state index contributed by atoms with van der Waals surface area (Å²) < 4.78 is 18.8. The molecule has 0 saturated heterocycles. The van der Waals surface area contributed by atoms with Crippen molar-refractivity contribution in [1.29, 1.82) is 5.26 Å². The molecule has 0 aliphatic rings. The lowest BCUT2D eigenvalue weighted by Crippen LogP contribution is -2.13. The topological polar surface area (TPSA) is 50.1 Å². The summed E-state index contributed by atoms with van der Waals surface area (Å²) >= 11 is 0. The number of halogens is 1. The lowest BCUT2D eigenvalue weighted by Gasteiger charge is -2.13. The molecule has 0 radical (unpaired) electrons. The van der Waals surface area contributed by atoms with Gasteiger partial charge in [-0.3, -0.25) is 4.79 Å². The van der Waals surface area contributed by atoms with Crippen LogP contribution in [0.2, 0.25) is 0 Å². The highest BCUT2D eigenvalue weighted by atomic mass is 19.1. The third-order valence-corrected chi connectivity index (χ3v) is 2.98. The van der Waals surface area contributed by atoms with Gasteiger partial charge in [0.15, 0.2) is 5.78 Å². The van der Waals surface area contributed by atoms with Gasteiger partial charge in [0.25, 0.3) is 0 Å². The number of Topliss-reactive ketones (excluding diaryl/α,β-unsaturated/α-hetero) is 1. The molecule has 0 fully saturated rings. The number of rotatable bonds is 4. The SMILES string of the molecule is COc1ccccc1C(C#N)C(=O)c1ccccc1F. The Hall–Kier alpha value is -2.67. The molecule has 2 aromatic carbocycles. The van der Waals surface area contributed by atoms with Crippen LogP contribution in [0.25, 0.3) is 0 Å². The molecule has 2 aromatic rings. The number of ketones is 1. The molecule has 0 aromatic heterocycles. The molecule has 0 aliphatic heterocycles. The van der Waals surface area contributed by atoms with Crippen LogP contribution < -0.4 is 4.74 Å². The Morgan fingerprint density at radius 2 is 1.85 bits per heavy atom. The molecule has 3 nitrogen and oxygen atoms in total. The van der Waals surface area contributed by atoms with Crippen molar-refractivity contribution in [3.63, 3.8) is 0 Å². The Bertz CT molecular complexity index is 676. The summed E-state index contributed by atoms with van der Waals surface area (Å²) in [4.78, 5) is 12.3. The van der Waals surface area contributed by atoms with Gasteiger partial charge in [-0.25, -0.2) is 4.39 Å². The van der Waals surface area contributed by atoms with Gasteiger partial charge >= 0.3 is 0 Å². The third kappa shape index (κ3) is 2.52. The van der Waals surface area contributed by atoms with Gasteiger partial charge in [0, 0.05) is 5.56 Å². The highest BCUT2D eigenvalue weighted by molar-refractivity contribution is 6.03. The van der Waals surface area contributed by atoms with Crippen LogP contribution in [0.4, 0.5) is 4.39 Å². The zero-order valence-corrected chi connectivity index (χ0v) is 10.8. The highest BCUT2D eigenvalue weighted by Gasteiger charge is 2.26. The third-order valence-electron chi connectivity index (χ3n) is 2.98. The van der Waals surface area contributed by atoms with Crippen molar-refractivity contribution in [1.82, 2.24) is 0 Å². The quantitative estimate of drug-likeness (QED) is 0.800.